The number of benzene rings is 4. The number of allylic oxidation sites excluding steroid dienone is 5. The summed E-state index contributed by atoms with van der Waals surface area (Å²) in [7, 11) is 0. The Kier molecular flexibility index (Phi) is 14.7. The Bertz CT molecular complexity index is 2530. The molecule has 6 nitrogen and oxygen atoms in total. The molecule has 0 radical (unpaired) electrons. The maximum Gasteiger partial charge on any atom is 0.311 e. The van der Waals surface area contributed by atoms with Crippen LogP contribution in [0.2, 0.25) is 0 Å². The van der Waals surface area contributed by atoms with E-state index in [1.165, 1.54) is 33.8 Å². The second-order valence-electron chi connectivity index (χ2n) is 19.0. The van der Waals surface area contributed by atoms with E-state index in [-0.39, 0.29) is 28.7 Å². The largest absolute Gasteiger partial charge is 0.426 e. The lowest BCUT2D eigenvalue weighted by Crippen LogP contribution is -2.28. The quantitative estimate of drug-likeness (QED) is 0.0348. The third-order valence-electron chi connectivity index (χ3n) is 13.5. The molecule has 0 saturated heterocycles. The Morgan fingerprint density at radius 2 is 1.27 bits per heavy atom. The highest BCUT2D eigenvalue weighted by molar-refractivity contribution is 6.30. The van der Waals surface area contributed by atoms with Crippen LogP contribution in [0.3, 0.4) is 0 Å². The zero-order valence-electron chi connectivity index (χ0n) is 39.3. The lowest BCUT2D eigenvalue weighted by Gasteiger charge is -2.25. The molecule has 3 aliphatic rings. The predicted molar refractivity (Wildman–Crippen MR) is 262 cm³/mol. The van der Waals surface area contributed by atoms with Gasteiger partial charge in [-0.05, 0) is 139 Å². The summed E-state index contributed by atoms with van der Waals surface area (Å²) in [5, 5.41) is 0.894. The molecular weight excluding hydrogens is 812 g/mol. The lowest BCUT2D eigenvalue weighted by atomic mass is 9.81. The number of halogens is 1. The first-order chi connectivity index (χ1) is 30.7. The number of hydrogen-bond acceptors (Lipinski definition) is 5. The van der Waals surface area contributed by atoms with E-state index in [1.807, 2.05) is 64.1 Å². The van der Waals surface area contributed by atoms with Crippen molar-refractivity contribution in [2.24, 2.45) is 5.92 Å². The van der Waals surface area contributed by atoms with Crippen LogP contribution >= 0.6 is 11.6 Å². The Balaban J connectivity index is 1.01. The first-order valence-electron chi connectivity index (χ1n) is 23.4. The van der Waals surface area contributed by atoms with Gasteiger partial charge in [0.05, 0.1) is 11.1 Å². The van der Waals surface area contributed by atoms with Crippen LogP contribution in [-0.4, -0.2) is 35.3 Å². The van der Waals surface area contributed by atoms with Crippen molar-refractivity contribution in [2.45, 2.75) is 130 Å². The Hall–Kier alpha value is -5.42. The van der Waals surface area contributed by atoms with Crippen LogP contribution < -0.4 is 14.4 Å². The molecule has 64 heavy (non-hydrogen) atoms. The van der Waals surface area contributed by atoms with Gasteiger partial charge in [-0.25, -0.2) is 0 Å². The normalized spacial score (nSPS) is 17.2. The average molecular weight is 879 g/mol. The van der Waals surface area contributed by atoms with Crippen LogP contribution in [-0.2, 0) is 20.4 Å². The molecule has 1 atom stereocenters. The first kappa shape index (κ1) is 46.6. The number of carbonyl (C=O) groups is 2. The van der Waals surface area contributed by atoms with Gasteiger partial charge in [-0.3, -0.25) is 9.59 Å². The van der Waals surface area contributed by atoms with Crippen molar-refractivity contribution in [1.82, 2.24) is 0 Å². The molecule has 0 aromatic heterocycles. The number of ether oxygens (including phenoxy) is 2. The SMILES string of the molecule is Cc1cccc(C)c1OC(=O)CCCCCN1C(=C=CC2CCC(/C=C/C3=[N+](CCCCCC(=O)Oc4c(C)cccc4C)c4ccccc4C3(C)C)=C2Cl)C(C)(C)c2ccccc21. The fraction of sp³-hybridized carbons (Fsp3) is 0.404. The van der Waals surface area contributed by atoms with Gasteiger partial charge in [0.15, 0.2) is 5.71 Å². The van der Waals surface area contributed by atoms with E-state index in [0.717, 1.165) is 97.4 Å². The summed E-state index contributed by atoms with van der Waals surface area (Å²) in [5.74, 6) is 1.12. The number of hydrogen-bond donors (Lipinski definition) is 0. The molecule has 7 rings (SSSR count). The van der Waals surface area contributed by atoms with Crippen LogP contribution in [0, 0.1) is 33.6 Å². The molecule has 7 heteroatoms. The smallest absolute Gasteiger partial charge is 0.311 e. The third-order valence-corrected chi connectivity index (χ3v) is 14.0. The van der Waals surface area contributed by atoms with Crippen molar-refractivity contribution in [3.8, 4) is 11.5 Å². The van der Waals surface area contributed by atoms with Crippen LogP contribution in [0.5, 0.6) is 11.5 Å². The highest BCUT2D eigenvalue weighted by Gasteiger charge is 2.44. The van der Waals surface area contributed by atoms with Gasteiger partial charge < -0.3 is 14.4 Å². The number of esters is 2. The molecule has 0 amide bonds. The van der Waals surface area contributed by atoms with Gasteiger partial charge >= 0.3 is 11.9 Å². The Morgan fingerprint density at radius 1 is 0.703 bits per heavy atom. The summed E-state index contributed by atoms with van der Waals surface area (Å²) in [6, 6.07) is 29.3. The first-order valence-corrected chi connectivity index (χ1v) is 23.8. The van der Waals surface area contributed by atoms with Gasteiger partial charge in [-0.15, -0.1) is 5.73 Å². The van der Waals surface area contributed by atoms with Gasteiger partial charge in [0.1, 0.15) is 18.0 Å². The second-order valence-corrected chi connectivity index (χ2v) is 19.4. The van der Waals surface area contributed by atoms with Gasteiger partial charge in [-0.1, -0.05) is 96.9 Å². The number of rotatable bonds is 17. The standard InChI is InChI=1S/C57H66ClN2O4/c1-39-21-19-22-40(2)54(39)63-51(61)29-11-9-17-37-59-47-27-15-13-25-45(47)56(5,6)49(59)35-33-43-31-32-44(53(43)58)34-36-50-57(7,8)46-26-14-16-28-48(46)60(50)38-18-10-12-30-52(62)64-55-41(3)23-20-24-42(55)4/h13-16,19-28,33-35,44H,9-12,17-18,29-32,37-38H2,1-8H3/q+1/b35-33+. The molecule has 0 fully saturated rings. The molecule has 2 aliphatic heterocycles. The highest BCUT2D eigenvalue weighted by atomic mass is 35.5. The highest BCUT2D eigenvalue weighted by Crippen LogP contribution is 2.48. The monoisotopic (exact) mass is 877 g/mol. The summed E-state index contributed by atoms with van der Waals surface area (Å²) in [5.41, 5.74) is 16.1. The van der Waals surface area contributed by atoms with Crippen LogP contribution in [0.15, 0.2) is 125 Å². The van der Waals surface area contributed by atoms with Crippen molar-refractivity contribution in [3.63, 3.8) is 0 Å². The Labute approximate surface area is 387 Å². The zero-order chi connectivity index (χ0) is 45.6. The maximum absolute atomic E-state index is 12.7. The number of para-hydroxylation sites is 4. The summed E-state index contributed by atoms with van der Waals surface area (Å²) in [6.45, 7) is 18.8. The zero-order valence-corrected chi connectivity index (χ0v) is 40.0. The van der Waals surface area contributed by atoms with Gasteiger partial charge in [0.2, 0.25) is 5.69 Å². The molecule has 0 spiro atoms. The fourth-order valence-corrected chi connectivity index (χ4v) is 10.2. The van der Waals surface area contributed by atoms with Crippen molar-refractivity contribution >= 4 is 40.6 Å². The number of nitrogens with zero attached hydrogens (tertiary/aromatic N) is 2. The topological polar surface area (TPSA) is 58.8 Å². The molecule has 0 saturated carbocycles. The number of anilines is 1. The van der Waals surface area contributed by atoms with Crippen LogP contribution in [0.1, 0.15) is 125 Å². The summed E-state index contributed by atoms with van der Waals surface area (Å²) < 4.78 is 14.0. The van der Waals surface area contributed by atoms with Crippen LogP contribution in [0.4, 0.5) is 11.4 Å². The summed E-state index contributed by atoms with van der Waals surface area (Å²) >= 11 is 7.27. The summed E-state index contributed by atoms with van der Waals surface area (Å²) in [4.78, 5) is 27.9. The average Bonchev–Trinajstić information content (AvgIpc) is 3.80. The van der Waals surface area contributed by atoms with E-state index in [1.54, 1.807) is 0 Å². The van der Waals surface area contributed by atoms with Gasteiger partial charge in [0, 0.05) is 65.6 Å². The minimum Gasteiger partial charge on any atom is -0.426 e. The van der Waals surface area contributed by atoms with Gasteiger partial charge in [0.25, 0.3) is 0 Å². The molecule has 0 N–H and O–H groups in total. The van der Waals surface area contributed by atoms with Gasteiger partial charge in [-0.2, -0.15) is 4.58 Å². The van der Waals surface area contributed by atoms with E-state index in [2.05, 4.69) is 110 Å². The minimum atomic E-state index is -0.216. The van der Waals surface area contributed by atoms with E-state index < -0.39 is 0 Å². The minimum absolute atomic E-state index is 0.0920. The van der Waals surface area contributed by atoms with E-state index in [0.29, 0.717) is 24.3 Å². The second kappa shape index (κ2) is 20.2. The molecule has 334 valence electrons. The Morgan fingerprint density at radius 3 is 1.89 bits per heavy atom. The van der Waals surface area contributed by atoms with Crippen molar-refractivity contribution in [2.75, 3.05) is 18.0 Å². The van der Waals surface area contributed by atoms with Crippen LogP contribution in [0.25, 0.3) is 0 Å². The number of unbranched alkanes of at least 4 members (excludes halogenated alkanes) is 4. The maximum atomic E-state index is 12.7. The molecule has 4 aromatic carbocycles. The predicted octanol–water partition coefficient (Wildman–Crippen LogP) is 13.9. The third kappa shape index (κ3) is 10.1. The number of aryl methyl sites for hydroxylation is 4. The van der Waals surface area contributed by atoms with E-state index in [9.17, 15) is 9.59 Å². The number of fused-ring (bicyclic) bond motifs is 2. The van der Waals surface area contributed by atoms with E-state index >= 15 is 0 Å². The molecule has 1 aliphatic carbocycles. The molecule has 2 heterocycles. The molecular formula is C57H66ClN2O4+. The van der Waals surface area contributed by atoms with Crippen molar-refractivity contribution in [3.05, 3.63) is 159 Å². The fourth-order valence-electron chi connectivity index (χ4n) is 9.85. The van der Waals surface area contributed by atoms with Crippen molar-refractivity contribution < 1.29 is 23.6 Å². The van der Waals surface area contributed by atoms with Crippen molar-refractivity contribution in [1.29, 1.82) is 0 Å². The summed E-state index contributed by atoms with van der Waals surface area (Å²) in [6.07, 6.45) is 14.7. The number of carbonyl (C=O) groups excluding carboxylic acids is 2. The molecule has 4 aromatic rings. The van der Waals surface area contributed by atoms with E-state index in [4.69, 9.17) is 21.1 Å². The molecule has 1 unspecified atom stereocenters. The molecule has 0 bridgehead atoms. The lowest BCUT2D eigenvalue weighted by molar-refractivity contribution is -0.438.